The van der Waals surface area contributed by atoms with E-state index in [0.717, 1.165) is 45.1 Å². The molecule has 0 unspecified atom stereocenters. The van der Waals surface area contributed by atoms with Gasteiger partial charge in [0, 0.05) is 36.6 Å². The van der Waals surface area contributed by atoms with Crippen molar-refractivity contribution in [3.8, 4) is 5.75 Å². The zero-order chi connectivity index (χ0) is 17.5. The van der Waals surface area contributed by atoms with E-state index in [-0.39, 0.29) is 0 Å². The van der Waals surface area contributed by atoms with Crippen LogP contribution in [0.1, 0.15) is 37.7 Å². The molecule has 3 rings (SSSR count). The average molecular weight is 365 g/mol. The predicted molar refractivity (Wildman–Crippen MR) is 105 cm³/mol. The molecular formula is C20H32N2O2S. The van der Waals surface area contributed by atoms with Gasteiger partial charge in [-0.3, -0.25) is 4.90 Å². The number of morpholine rings is 1. The summed E-state index contributed by atoms with van der Waals surface area (Å²) in [6, 6.07) is 6.55. The van der Waals surface area contributed by atoms with Crippen molar-refractivity contribution < 1.29 is 9.47 Å². The van der Waals surface area contributed by atoms with Gasteiger partial charge in [0.05, 0.1) is 20.3 Å². The number of ether oxygens (including phenoxy) is 2. The lowest BCUT2D eigenvalue weighted by Gasteiger charge is -2.48. The number of methoxy groups -OCH3 is 1. The van der Waals surface area contributed by atoms with Crippen molar-refractivity contribution in [1.29, 1.82) is 0 Å². The molecule has 2 fully saturated rings. The Labute approximate surface area is 156 Å². The first-order valence-corrected chi connectivity index (χ1v) is 10.7. The average Bonchev–Trinajstić information content (AvgIpc) is 2.69. The highest BCUT2D eigenvalue weighted by Gasteiger charge is 2.38. The van der Waals surface area contributed by atoms with Crippen molar-refractivity contribution in [1.82, 2.24) is 10.2 Å². The van der Waals surface area contributed by atoms with Crippen LogP contribution >= 0.6 is 11.8 Å². The van der Waals surface area contributed by atoms with E-state index < -0.39 is 0 Å². The highest BCUT2D eigenvalue weighted by Crippen LogP contribution is 2.34. The van der Waals surface area contributed by atoms with E-state index in [9.17, 15) is 0 Å². The van der Waals surface area contributed by atoms with Crippen LogP contribution in [0.3, 0.4) is 0 Å². The summed E-state index contributed by atoms with van der Waals surface area (Å²) >= 11 is 1.73. The number of hydrogen-bond acceptors (Lipinski definition) is 5. The maximum atomic E-state index is 5.58. The Morgan fingerprint density at radius 2 is 1.96 bits per heavy atom. The van der Waals surface area contributed by atoms with Crippen LogP contribution in [0.2, 0.25) is 0 Å². The minimum atomic E-state index is 0.325. The van der Waals surface area contributed by atoms with Gasteiger partial charge in [0.1, 0.15) is 5.75 Å². The molecule has 0 amide bonds. The molecule has 1 aliphatic carbocycles. The van der Waals surface area contributed by atoms with Crippen LogP contribution in [0.5, 0.6) is 5.75 Å². The van der Waals surface area contributed by atoms with Crippen molar-refractivity contribution in [2.45, 2.75) is 49.1 Å². The van der Waals surface area contributed by atoms with Crippen LogP contribution in [0, 0.1) is 0 Å². The molecule has 0 atom stereocenters. The molecule has 2 aliphatic rings. The third-order valence-corrected chi connectivity index (χ3v) is 6.47. The van der Waals surface area contributed by atoms with Crippen molar-refractivity contribution in [3.05, 3.63) is 23.8 Å². The Morgan fingerprint density at radius 1 is 1.20 bits per heavy atom. The fourth-order valence-corrected chi connectivity index (χ4v) is 4.83. The largest absolute Gasteiger partial charge is 0.496 e. The predicted octanol–water partition coefficient (Wildman–Crippen LogP) is 3.54. The van der Waals surface area contributed by atoms with Crippen molar-refractivity contribution in [2.24, 2.45) is 0 Å². The molecule has 0 spiro atoms. The van der Waals surface area contributed by atoms with Crippen LogP contribution in [0.25, 0.3) is 0 Å². The number of hydrogen-bond donors (Lipinski definition) is 1. The second-order valence-corrected chi connectivity index (χ2v) is 8.03. The van der Waals surface area contributed by atoms with E-state index in [0.29, 0.717) is 5.54 Å². The summed E-state index contributed by atoms with van der Waals surface area (Å²) in [6.07, 6.45) is 8.82. The second kappa shape index (κ2) is 9.26. The highest BCUT2D eigenvalue weighted by molar-refractivity contribution is 7.98. The summed E-state index contributed by atoms with van der Waals surface area (Å²) in [4.78, 5) is 3.89. The molecule has 5 heteroatoms. The fourth-order valence-electron chi connectivity index (χ4n) is 4.28. The third kappa shape index (κ3) is 4.70. The molecule has 0 bridgehead atoms. The highest BCUT2D eigenvalue weighted by atomic mass is 32.2. The Kier molecular flexibility index (Phi) is 7.05. The SMILES string of the molecule is COc1cc(CNCC2(N3CCOCC3)CCCCC2)ccc1SC. The number of nitrogens with zero attached hydrogens (tertiary/aromatic N) is 1. The summed E-state index contributed by atoms with van der Waals surface area (Å²) in [7, 11) is 1.75. The molecule has 4 nitrogen and oxygen atoms in total. The van der Waals surface area contributed by atoms with E-state index in [2.05, 4.69) is 34.7 Å². The minimum Gasteiger partial charge on any atom is -0.496 e. The van der Waals surface area contributed by atoms with Gasteiger partial charge in [-0.25, -0.2) is 0 Å². The lowest BCUT2D eigenvalue weighted by molar-refractivity contribution is -0.0369. The summed E-state index contributed by atoms with van der Waals surface area (Å²) < 4.78 is 11.1. The summed E-state index contributed by atoms with van der Waals surface area (Å²) in [6.45, 7) is 5.90. The van der Waals surface area contributed by atoms with Gasteiger partial charge in [-0.1, -0.05) is 25.3 Å². The molecule has 1 saturated heterocycles. The first kappa shape index (κ1) is 19.0. The van der Waals surface area contributed by atoms with Crippen LogP contribution in [-0.2, 0) is 11.3 Å². The van der Waals surface area contributed by atoms with E-state index in [1.807, 2.05) is 0 Å². The number of nitrogens with one attached hydrogen (secondary N) is 1. The molecule has 1 aliphatic heterocycles. The van der Waals surface area contributed by atoms with Crippen LogP contribution in [-0.4, -0.2) is 56.7 Å². The maximum absolute atomic E-state index is 5.58. The quantitative estimate of drug-likeness (QED) is 0.749. The third-order valence-electron chi connectivity index (χ3n) is 5.70. The number of rotatable bonds is 7. The zero-order valence-electron chi connectivity index (χ0n) is 15.7. The Morgan fingerprint density at radius 3 is 2.64 bits per heavy atom. The van der Waals surface area contributed by atoms with Gasteiger partial charge >= 0.3 is 0 Å². The number of thioether (sulfide) groups is 1. The number of benzene rings is 1. The van der Waals surface area contributed by atoms with Crippen LogP contribution in [0.15, 0.2) is 23.1 Å². The minimum absolute atomic E-state index is 0.325. The molecule has 1 saturated carbocycles. The van der Waals surface area contributed by atoms with E-state index in [1.165, 1.54) is 42.6 Å². The Bertz CT molecular complexity index is 540. The molecule has 0 radical (unpaired) electrons. The molecule has 0 aromatic heterocycles. The summed E-state index contributed by atoms with van der Waals surface area (Å²) in [5.74, 6) is 0.979. The molecule has 1 N–H and O–H groups in total. The van der Waals surface area contributed by atoms with E-state index in [4.69, 9.17) is 9.47 Å². The van der Waals surface area contributed by atoms with E-state index >= 15 is 0 Å². The summed E-state index contributed by atoms with van der Waals surface area (Å²) in [5, 5.41) is 3.75. The van der Waals surface area contributed by atoms with Crippen LogP contribution in [0.4, 0.5) is 0 Å². The first-order chi connectivity index (χ1) is 12.3. The van der Waals surface area contributed by atoms with Gasteiger partial charge in [0.15, 0.2) is 0 Å². The monoisotopic (exact) mass is 364 g/mol. The molecule has 1 heterocycles. The smallest absolute Gasteiger partial charge is 0.132 e. The normalized spacial score (nSPS) is 21.2. The molecule has 1 aromatic carbocycles. The van der Waals surface area contributed by atoms with Gasteiger partial charge in [0.25, 0.3) is 0 Å². The first-order valence-electron chi connectivity index (χ1n) is 9.52. The van der Waals surface area contributed by atoms with Crippen molar-refractivity contribution >= 4 is 11.8 Å². The molecule has 1 aromatic rings. The summed E-state index contributed by atoms with van der Waals surface area (Å²) in [5.41, 5.74) is 1.62. The van der Waals surface area contributed by atoms with Crippen LogP contribution < -0.4 is 10.1 Å². The fraction of sp³-hybridized carbons (Fsp3) is 0.700. The van der Waals surface area contributed by atoms with Crippen molar-refractivity contribution in [3.63, 3.8) is 0 Å². The Balaban J connectivity index is 1.61. The molecule has 140 valence electrons. The molecule has 25 heavy (non-hydrogen) atoms. The zero-order valence-corrected chi connectivity index (χ0v) is 16.5. The van der Waals surface area contributed by atoms with Gasteiger partial charge < -0.3 is 14.8 Å². The van der Waals surface area contributed by atoms with Gasteiger partial charge in [0.2, 0.25) is 0 Å². The van der Waals surface area contributed by atoms with Gasteiger partial charge in [-0.15, -0.1) is 11.8 Å². The van der Waals surface area contributed by atoms with Gasteiger partial charge in [-0.05, 0) is 36.8 Å². The standard InChI is InChI=1S/C20H32N2O2S/c1-23-18-14-17(6-7-19(18)25-2)15-21-16-20(8-4-3-5-9-20)22-10-12-24-13-11-22/h6-7,14,21H,3-5,8-13,15-16H2,1-2H3. The van der Waals surface area contributed by atoms with Gasteiger partial charge in [-0.2, -0.15) is 0 Å². The van der Waals surface area contributed by atoms with Crippen molar-refractivity contribution in [2.75, 3.05) is 46.2 Å². The second-order valence-electron chi connectivity index (χ2n) is 7.18. The molecular weight excluding hydrogens is 332 g/mol. The van der Waals surface area contributed by atoms with E-state index in [1.54, 1.807) is 18.9 Å². The lowest BCUT2D eigenvalue weighted by Crippen LogP contribution is -2.59. The maximum Gasteiger partial charge on any atom is 0.132 e. The Hall–Kier alpha value is -0.750. The lowest BCUT2D eigenvalue weighted by atomic mass is 9.79. The topological polar surface area (TPSA) is 33.7 Å².